The zero-order chi connectivity index (χ0) is 18.4. The normalized spacial score (nSPS) is 16.1. The largest absolute Gasteiger partial charge is 0.378 e. The Morgan fingerprint density at radius 2 is 1.58 bits per heavy atom. The van der Waals surface area contributed by atoms with Crippen molar-refractivity contribution in [2.75, 3.05) is 26.2 Å². The average Bonchev–Trinajstić information content (AvgIpc) is 2.63. The summed E-state index contributed by atoms with van der Waals surface area (Å²) in [6.45, 7) is 9.69. The van der Waals surface area contributed by atoms with Gasteiger partial charge in [0.05, 0.1) is 0 Å². The van der Waals surface area contributed by atoms with Crippen molar-refractivity contribution in [1.82, 2.24) is 14.8 Å². The molecule has 1 fully saturated rings. The first-order valence-electron chi connectivity index (χ1n) is 9.16. The van der Waals surface area contributed by atoms with Crippen LogP contribution in [-0.2, 0) is 13.1 Å². The molecule has 1 aromatic heterocycles. The molecule has 3 rings (SSSR count). The molecule has 0 spiro atoms. The minimum atomic E-state index is -0.950. The Morgan fingerprint density at radius 1 is 0.962 bits per heavy atom. The van der Waals surface area contributed by atoms with Gasteiger partial charge in [0.1, 0.15) is 5.60 Å². The summed E-state index contributed by atoms with van der Waals surface area (Å²) in [6, 6.07) is 12.5. The van der Waals surface area contributed by atoms with E-state index in [1.807, 2.05) is 30.6 Å². The Labute approximate surface area is 156 Å². The summed E-state index contributed by atoms with van der Waals surface area (Å²) >= 11 is 0. The Bertz CT molecular complexity index is 746. The summed E-state index contributed by atoms with van der Waals surface area (Å²) in [5.74, 6) is 5.87. The lowest BCUT2D eigenvalue weighted by Crippen LogP contribution is -2.45. The average molecular weight is 349 g/mol. The number of piperazine rings is 1. The molecule has 2 aromatic rings. The third kappa shape index (κ3) is 5.96. The van der Waals surface area contributed by atoms with Gasteiger partial charge in [-0.2, -0.15) is 0 Å². The summed E-state index contributed by atoms with van der Waals surface area (Å²) in [5, 5.41) is 9.68. The number of benzene rings is 1. The van der Waals surface area contributed by atoms with E-state index in [0.717, 1.165) is 44.8 Å². The summed E-state index contributed by atoms with van der Waals surface area (Å²) < 4.78 is 0. The number of aromatic nitrogens is 1. The number of pyridine rings is 1. The number of hydrogen-bond donors (Lipinski definition) is 1. The van der Waals surface area contributed by atoms with E-state index in [9.17, 15) is 5.11 Å². The van der Waals surface area contributed by atoms with Crippen molar-refractivity contribution in [3.05, 3.63) is 65.5 Å². The second kappa shape index (κ2) is 8.46. The van der Waals surface area contributed by atoms with E-state index >= 15 is 0 Å². The third-order valence-electron chi connectivity index (χ3n) is 4.47. The van der Waals surface area contributed by atoms with Gasteiger partial charge in [-0.1, -0.05) is 30.0 Å². The SMILES string of the molecule is CC(C)(O)C#Cc1ccc(CN2CCN(Cc3cccnc3)CC2)cc1. The van der Waals surface area contributed by atoms with Gasteiger partial charge in [0, 0.05) is 57.2 Å². The molecule has 0 saturated carbocycles. The highest BCUT2D eigenvalue weighted by molar-refractivity contribution is 5.37. The van der Waals surface area contributed by atoms with Crippen LogP contribution >= 0.6 is 0 Å². The van der Waals surface area contributed by atoms with Gasteiger partial charge in [-0.15, -0.1) is 0 Å². The predicted molar refractivity (Wildman–Crippen MR) is 104 cm³/mol. The zero-order valence-electron chi connectivity index (χ0n) is 15.7. The van der Waals surface area contributed by atoms with Crippen molar-refractivity contribution in [3.63, 3.8) is 0 Å². The maximum Gasteiger partial charge on any atom is 0.120 e. The Balaban J connectivity index is 1.47. The van der Waals surface area contributed by atoms with Crippen LogP contribution in [0.15, 0.2) is 48.8 Å². The lowest BCUT2D eigenvalue weighted by Gasteiger charge is -2.34. The molecule has 1 N–H and O–H groups in total. The molecule has 1 aliphatic rings. The van der Waals surface area contributed by atoms with Gasteiger partial charge in [0.15, 0.2) is 0 Å². The second-order valence-electron chi connectivity index (χ2n) is 7.42. The molecular formula is C22H27N3O. The van der Waals surface area contributed by atoms with Crippen molar-refractivity contribution in [1.29, 1.82) is 0 Å². The number of nitrogens with zero attached hydrogens (tertiary/aromatic N) is 3. The van der Waals surface area contributed by atoms with E-state index in [2.05, 4.69) is 44.8 Å². The lowest BCUT2D eigenvalue weighted by atomic mass is 10.1. The zero-order valence-corrected chi connectivity index (χ0v) is 15.7. The van der Waals surface area contributed by atoms with Crippen LogP contribution < -0.4 is 0 Å². The summed E-state index contributed by atoms with van der Waals surface area (Å²) in [6.07, 6.45) is 3.78. The summed E-state index contributed by atoms with van der Waals surface area (Å²) in [4.78, 5) is 9.18. The van der Waals surface area contributed by atoms with Crippen LogP contribution in [-0.4, -0.2) is 51.7 Å². The quantitative estimate of drug-likeness (QED) is 0.861. The number of rotatable bonds is 4. The Hall–Kier alpha value is -2.19. The van der Waals surface area contributed by atoms with Gasteiger partial charge < -0.3 is 5.11 Å². The maximum absolute atomic E-state index is 9.68. The minimum Gasteiger partial charge on any atom is -0.378 e. The van der Waals surface area contributed by atoms with Crippen LogP contribution in [0.1, 0.15) is 30.5 Å². The minimum absolute atomic E-state index is 0.942. The molecule has 1 aromatic carbocycles. The maximum atomic E-state index is 9.68. The van der Waals surface area contributed by atoms with Crippen molar-refractivity contribution >= 4 is 0 Å². The van der Waals surface area contributed by atoms with Crippen molar-refractivity contribution in [2.45, 2.75) is 32.5 Å². The molecular weight excluding hydrogens is 322 g/mol. The van der Waals surface area contributed by atoms with Gasteiger partial charge in [-0.3, -0.25) is 14.8 Å². The molecule has 0 bridgehead atoms. The molecule has 0 atom stereocenters. The lowest BCUT2D eigenvalue weighted by molar-refractivity contribution is 0.122. The van der Waals surface area contributed by atoms with Crippen LogP contribution in [0.5, 0.6) is 0 Å². The second-order valence-corrected chi connectivity index (χ2v) is 7.42. The van der Waals surface area contributed by atoms with Crippen LogP contribution in [0.4, 0.5) is 0 Å². The van der Waals surface area contributed by atoms with Gasteiger partial charge in [-0.25, -0.2) is 0 Å². The highest BCUT2D eigenvalue weighted by Crippen LogP contribution is 2.12. The molecule has 1 saturated heterocycles. The van der Waals surface area contributed by atoms with Crippen molar-refractivity contribution < 1.29 is 5.11 Å². The first kappa shape index (κ1) is 18.6. The van der Waals surface area contributed by atoms with Crippen LogP contribution in [0.25, 0.3) is 0 Å². The standard InChI is InChI=1S/C22H27N3O/c1-22(2,26)10-9-19-5-7-20(8-6-19)17-24-12-14-25(15-13-24)18-21-4-3-11-23-16-21/h3-8,11,16,26H,12-15,17-18H2,1-2H3. The van der Waals surface area contributed by atoms with Crippen molar-refractivity contribution in [2.24, 2.45) is 0 Å². The van der Waals surface area contributed by atoms with Crippen molar-refractivity contribution in [3.8, 4) is 11.8 Å². The van der Waals surface area contributed by atoms with Crippen LogP contribution in [0.2, 0.25) is 0 Å². The molecule has 0 amide bonds. The smallest absolute Gasteiger partial charge is 0.120 e. The van der Waals surface area contributed by atoms with E-state index in [4.69, 9.17) is 0 Å². The van der Waals surface area contributed by atoms with Gasteiger partial charge >= 0.3 is 0 Å². The van der Waals surface area contributed by atoms with E-state index in [0.29, 0.717) is 0 Å². The first-order chi connectivity index (χ1) is 12.5. The van der Waals surface area contributed by atoms with Gasteiger partial charge in [0.2, 0.25) is 0 Å². The highest BCUT2D eigenvalue weighted by Gasteiger charge is 2.17. The molecule has 0 unspecified atom stereocenters. The van der Waals surface area contributed by atoms with Gasteiger partial charge in [0.25, 0.3) is 0 Å². The monoisotopic (exact) mass is 349 g/mol. The number of hydrogen-bond acceptors (Lipinski definition) is 4. The summed E-state index contributed by atoms with van der Waals surface area (Å²) in [7, 11) is 0. The molecule has 2 heterocycles. The summed E-state index contributed by atoms with van der Waals surface area (Å²) in [5.41, 5.74) is 2.58. The molecule has 0 radical (unpaired) electrons. The van der Waals surface area contributed by atoms with Crippen LogP contribution in [0, 0.1) is 11.8 Å². The van der Waals surface area contributed by atoms with E-state index in [1.54, 1.807) is 13.8 Å². The fraction of sp³-hybridized carbons (Fsp3) is 0.409. The Kier molecular flexibility index (Phi) is 6.05. The molecule has 0 aliphatic carbocycles. The van der Waals surface area contributed by atoms with E-state index in [1.165, 1.54) is 11.1 Å². The van der Waals surface area contributed by atoms with E-state index < -0.39 is 5.60 Å². The topological polar surface area (TPSA) is 39.6 Å². The first-order valence-corrected chi connectivity index (χ1v) is 9.16. The molecule has 26 heavy (non-hydrogen) atoms. The Morgan fingerprint density at radius 3 is 2.12 bits per heavy atom. The van der Waals surface area contributed by atoms with E-state index in [-0.39, 0.29) is 0 Å². The fourth-order valence-corrected chi connectivity index (χ4v) is 3.03. The highest BCUT2D eigenvalue weighted by atomic mass is 16.3. The number of aliphatic hydroxyl groups is 1. The predicted octanol–water partition coefficient (Wildman–Crippen LogP) is 2.52. The molecule has 4 heteroatoms. The van der Waals surface area contributed by atoms with Crippen LogP contribution in [0.3, 0.4) is 0 Å². The molecule has 1 aliphatic heterocycles. The van der Waals surface area contributed by atoms with Gasteiger partial charge in [-0.05, 0) is 43.2 Å². The third-order valence-corrected chi connectivity index (χ3v) is 4.47. The molecule has 136 valence electrons. The molecule has 4 nitrogen and oxygen atoms in total. The fourth-order valence-electron chi connectivity index (χ4n) is 3.03.